The van der Waals surface area contributed by atoms with E-state index in [1.54, 1.807) is 0 Å². The summed E-state index contributed by atoms with van der Waals surface area (Å²) < 4.78 is 11.5. The van der Waals surface area contributed by atoms with Crippen molar-refractivity contribution in [2.45, 2.75) is 58.5 Å². The van der Waals surface area contributed by atoms with Crippen molar-refractivity contribution in [3.8, 4) is 0 Å². The smallest absolute Gasteiger partial charge is 0.230 e. The highest BCUT2D eigenvalue weighted by Crippen LogP contribution is 2.32. The Balaban J connectivity index is 1.79. The molecule has 0 aromatic carbocycles. The highest BCUT2D eigenvalue weighted by atomic mass is 16.4. The molecule has 1 saturated heterocycles. The van der Waals surface area contributed by atoms with Crippen LogP contribution in [-0.4, -0.2) is 21.6 Å². The lowest BCUT2D eigenvalue weighted by Crippen LogP contribution is -2.28. The summed E-state index contributed by atoms with van der Waals surface area (Å²) >= 11 is 0. The molecular formula is C16H23N3O2. The maximum Gasteiger partial charge on any atom is 0.230 e. The summed E-state index contributed by atoms with van der Waals surface area (Å²) in [6, 6.07) is 4.54. The van der Waals surface area contributed by atoms with Crippen molar-refractivity contribution in [2.75, 3.05) is 6.54 Å². The molecule has 2 aromatic heterocycles. The van der Waals surface area contributed by atoms with Gasteiger partial charge >= 0.3 is 0 Å². The summed E-state index contributed by atoms with van der Waals surface area (Å²) in [4.78, 5) is 2.41. The minimum absolute atomic E-state index is 0.319. The Bertz CT molecular complexity index is 576. The summed E-state index contributed by atoms with van der Waals surface area (Å²) in [5.41, 5.74) is 0. The van der Waals surface area contributed by atoms with E-state index in [-0.39, 0.29) is 0 Å². The molecule has 0 N–H and O–H groups in total. The molecule has 21 heavy (non-hydrogen) atoms. The predicted molar refractivity (Wildman–Crippen MR) is 78.7 cm³/mol. The van der Waals surface area contributed by atoms with Gasteiger partial charge < -0.3 is 8.83 Å². The fourth-order valence-electron chi connectivity index (χ4n) is 3.02. The lowest BCUT2D eigenvalue weighted by Gasteiger charge is -2.26. The van der Waals surface area contributed by atoms with Crippen molar-refractivity contribution in [1.29, 1.82) is 0 Å². The van der Waals surface area contributed by atoms with E-state index in [1.807, 2.05) is 6.92 Å². The zero-order valence-electron chi connectivity index (χ0n) is 12.8. The monoisotopic (exact) mass is 289 g/mol. The second kappa shape index (κ2) is 6.43. The van der Waals surface area contributed by atoms with Gasteiger partial charge in [0.15, 0.2) is 0 Å². The standard InChI is InChI=1S/C16H23N3O2/c1-3-13-8-9-15(21-13)14-7-5-4-6-10-19(14)11-16-18-17-12(2)20-16/h8-9,14H,3-7,10-11H2,1-2H3/t14-/m1/s1. The van der Waals surface area contributed by atoms with E-state index in [0.29, 0.717) is 24.4 Å². The lowest BCUT2D eigenvalue weighted by molar-refractivity contribution is 0.153. The molecule has 114 valence electrons. The van der Waals surface area contributed by atoms with Crippen LogP contribution in [0.1, 0.15) is 62.0 Å². The van der Waals surface area contributed by atoms with E-state index < -0.39 is 0 Å². The average Bonchev–Trinajstić information content (AvgIpc) is 3.05. The number of rotatable bonds is 4. The second-order valence-corrected chi connectivity index (χ2v) is 5.71. The van der Waals surface area contributed by atoms with Crippen LogP contribution in [0.5, 0.6) is 0 Å². The molecule has 1 aliphatic rings. The van der Waals surface area contributed by atoms with E-state index in [2.05, 4.69) is 34.2 Å². The number of hydrogen-bond acceptors (Lipinski definition) is 5. The third kappa shape index (κ3) is 3.35. The number of nitrogens with zero attached hydrogens (tertiary/aromatic N) is 3. The third-order valence-corrected chi connectivity index (χ3v) is 4.13. The van der Waals surface area contributed by atoms with Crippen LogP contribution < -0.4 is 0 Å². The van der Waals surface area contributed by atoms with Crippen molar-refractivity contribution in [1.82, 2.24) is 15.1 Å². The molecule has 0 unspecified atom stereocenters. The zero-order chi connectivity index (χ0) is 14.7. The number of furan rings is 1. The minimum atomic E-state index is 0.319. The highest BCUT2D eigenvalue weighted by molar-refractivity contribution is 5.11. The van der Waals surface area contributed by atoms with Gasteiger partial charge in [0.2, 0.25) is 11.8 Å². The number of hydrogen-bond donors (Lipinski definition) is 0. The number of aryl methyl sites for hydroxylation is 2. The lowest BCUT2D eigenvalue weighted by atomic mass is 10.1. The van der Waals surface area contributed by atoms with Crippen LogP contribution in [0.3, 0.4) is 0 Å². The molecule has 0 spiro atoms. The molecule has 3 rings (SSSR count). The maximum absolute atomic E-state index is 5.99. The van der Waals surface area contributed by atoms with Gasteiger partial charge in [0.1, 0.15) is 11.5 Å². The van der Waals surface area contributed by atoms with Gasteiger partial charge in [0.05, 0.1) is 12.6 Å². The second-order valence-electron chi connectivity index (χ2n) is 5.71. The molecule has 2 aromatic rings. The van der Waals surface area contributed by atoms with Gasteiger partial charge in [-0.05, 0) is 31.5 Å². The third-order valence-electron chi connectivity index (χ3n) is 4.13. The summed E-state index contributed by atoms with van der Waals surface area (Å²) in [7, 11) is 0. The van der Waals surface area contributed by atoms with Crippen molar-refractivity contribution in [3.63, 3.8) is 0 Å². The van der Waals surface area contributed by atoms with E-state index in [4.69, 9.17) is 8.83 Å². The Labute approximate surface area is 125 Å². The van der Waals surface area contributed by atoms with Gasteiger partial charge in [-0.3, -0.25) is 4.90 Å². The first-order valence-electron chi connectivity index (χ1n) is 7.88. The molecule has 0 radical (unpaired) electrons. The molecule has 1 atom stereocenters. The quantitative estimate of drug-likeness (QED) is 0.860. The summed E-state index contributed by atoms with van der Waals surface area (Å²) in [6.07, 6.45) is 5.80. The minimum Gasteiger partial charge on any atom is -0.464 e. The molecule has 1 fully saturated rings. The van der Waals surface area contributed by atoms with Gasteiger partial charge in [0.25, 0.3) is 0 Å². The number of likely N-dealkylation sites (tertiary alicyclic amines) is 1. The highest BCUT2D eigenvalue weighted by Gasteiger charge is 2.26. The van der Waals surface area contributed by atoms with Gasteiger partial charge in [-0.25, -0.2) is 0 Å². The van der Waals surface area contributed by atoms with Crippen molar-refractivity contribution in [2.24, 2.45) is 0 Å². The Morgan fingerprint density at radius 1 is 1.19 bits per heavy atom. The molecule has 1 aliphatic heterocycles. The van der Waals surface area contributed by atoms with Gasteiger partial charge in [0, 0.05) is 13.3 Å². The first kappa shape index (κ1) is 14.3. The van der Waals surface area contributed by atoms with Gasteiger partial charge in [-0.15, -0.1) is 10.2 Å². The SMILES string of the molecule is CCc1ccc([C@H]2CCCCCN2Cc2nnc(C)o2)o1. The van der Waals surface area contributed by atoms with Crippen molar-refractivity contribution >= 4 is 0 Å². The summed E-state index contributed by atoms with van der Waals surface area (Å²) in [5.74, 6) is 3.46. The maximum atomic E-state index is 5.99. The summed E-state index contributed by atoms with van der Waals surface area (Å²) in [6.45, 7) is 5.70. The van der Waals surface area contributed by atoms with E-state index in [0.717, 1.165) is 30.9 Å². The Hall–Kier alpha value is -1.62. The molecule has 5 nitrogen and oxygen atoms in total. The Morgan fingerprint density at radius 3 is 2.81 bits per heavy atom. The number of aromatic nitrogens is 2. The van der Waals surface area contributed by atoms with Crippen LogP contribution in [0.4, 0.5) is 0 Å². The van der Waals surface area contributed by atoms with Crippen LogP contribution >= 0.6 is 0 Å². The van der Waals surface area contributed by atoms with Crippen LogP contribution in [0, 0.1) is 6.92 Å². The average molecular weight is 289 g/mol. The molecule has 0 amide bonds. The molecule has 0 bridgehead atoms. The topological polar surface area (TPSA) is 55.3 Å². The molecule has 0 saturated carbocycles. The van der Waals surface area contributed by atoms with Crippen LogP contribution in [0.15, 0.2) is 21.0 Å². The fourth-order valence-corrected chi connectivity index (χ4v) is 3.02. The first-order valence-corrected chi connectivity index (χ1v) is 7.88. The van der Waals surface area contributed by atoms with Gasteiger partial charge in [-0.1, -0.05) is 19.8 Å². The van der Waals surface area contributed by atoms with Crippen LogP contribution in [0.25, 0.3) is 0 Å². The largest absolute Gasteiger partial charge is 0.464 e. The van der Waals surface area contributed by atoms with Crippen LogP contribution in [0.2, 0.25) is 0 Å². The summed E-state index contributed by atoms with van der Waals surface area (Å²) in [5, 5.41) is 8.05. The molecule has 0 aliphatic carbocycles. The van der Waals surface area contributed by atoms with Gasteiger partial charge in [-0.2, -0.15) is 0 Å². The molecule has 5 heteroatoms. The van der Waals surface area contributed by atoms with E-state index in [9.17, 15) is 0 Å². The normalized spacial score (nSPS) is 20.6. The fraction of sp³-hybridized carbons (Fsp3) is 0.625. The molecular weight excluding hydrogens is 266 g/mol. The van der Waals surface area contributed by atoms with Crippen molar-refractivity contribution in [3.05, 3.63) is 35.4 Å². The Morgan fingerprint density at radius 2 is 2.10 bits per heavy atom. The first-order chi connectivity index (χ1) is 10.3. The van der Waals surface area contributed by atoms with Crippen LogP contribution in [-0.2, 0) is 13.0 Å². The van der Waals surface area contributed by atoms with E-state index >= 15 is 0 Å². The predicted octanol–water partition coefficient (Wildman–Crippen LogP) is 3.65. The van der Waals surface area contributed by atoms with E-state index in [1.165, 1.54) is 19.3 Å². The Kier molecular flexibility index (Phi) is 4.39. The molecule has 3 heterocycles. The zero-order valence-corrected chi connectivity index (χ0v) is 12.8. The van der Waals surface area contributed by atoms with Crippen molar-refractivity contribution < 1.29 is 8.83 Å².